The number of aromatic nitrogens is 2. The summed E-state index contributed by atoms with van der Waals surface area (Å²) in [5, 5.41) is 2.83. The highest BCUT2D eigenvalue weighted by Gasteiger charge is 2.13. The second-order valence-corrected chi connectivity index (χ2v) is 5.88. The first-order chi connectivity index (χ1) is 12.2. The molecular formula is C18H22N4O3. The molecular weight excluding hydrogens is 320 g/mol. The molecule has 0 radical (unpaired) electrons. The van der Waals surface area contributed by atoms with Gasteiger partial charge in [-0.15, -0.1) is 0 Å². The van der Waals surface area contributed by atoms with Gasteiger partial charge in [-0.25, -0.2) is 4.98 Å². The molecule has 0 atom stereocenters. The molecule has 1 amide bonds. The summed E-state index contributed by atoms with van der Waals surface area (Å²) in [5.74, 6) is 0.610. The molecule has 2 aromatic rings. The molecule has 3 rings (SSSR count). The Morgan fingerprint density at radius 3 is 2.88 bits per heavy atom. The molecule has 0 spiro atoms. The summed E-state index contributed by atoms with van der Waals surface area (Å²) in [7, 11) is 0. The summed E-state index contributed by atoms with van der Waals surface area (Å²) in [4.78, 5) is 33.4. The van der Waals surface area contributed by atoms with Gasteiger partial charge in [-0.1, -0.05) is 13.0 Å². The standard InChI is InChI=1S/C18H22N4O3/c1-2-14-10-13(11-17(23)21-14)18(24)19-12-15-4-3-5-16(20-15)22-6-8-25-9-7-22/h3-5,10-11H,2,6-9,12H2,1H3,(H,19,24)(H,21,23). The Balaban J connectivity index is 1.66. The van der Waals surface area contributed by atoms with Crippen LogP contribution < -0.4 is 15.8 Å². The first-order valence-electron chi connectivity index (χ1n) is 8.46. The van der Waals surface area contributed by atoms with Crippen LogP contribution in [0.3, 0.4) is 0 Å². The minimum atomic E-state index is -0.278. The quantitative estimate of drug-likeness (QED) is 0.850. The lowest BCUT2D eigenvalue weighted by Gasteiger charge is -2.28. The molecule has 7 nitrogen and oxygen atoms in total. The molecule has 132 valence electrons. The highest BCUT2D eigenvalue weighted by atomic mass is 16.5. The number of nitrogens with one attached hydrogen (secondary N) is 2. The van der Waals surface area contributed by atoms with Gasteiger partial charge in [-0.3, -0.25) is 9.59 Å². The van der Waals surface area contributed by atoms with E-state index in [1.54, 1.807) is 6.07 Å². The third kappa shape index (κ3) is 4.45. The van der Waals surface area contributed by atoms with Crippen molar-refractivity contribution in [1.29, 1.82) is 0 Å². The van der Waals surface area contributed by atoms with Crippen LogP contribution in [0.2, 0.25) is 0 Å². The Morgan fingerprint density at radius 1 is 1.32 bits per heavy atom. The molecule has 0 aliphatic carbocycles. The second-order valence-electron chi connectivity index (χ2n) is 5.88. The molecule has 3 heterocycles. The van der Waals surface area contributed by atoms with Crippen LogP contribution in [-0.2, 0) is 17.7 Å². The largest absolute Gasteiger partial charge is 0.378 e. The van der Waals surface area contributed by atoms with E-state index in [2.05, 4.69) is 20.2 Å². The van der Waals surface area contributed by atoms with Crippen LogP contribution in [0.1, 0.15) is 28.7 Å². The van der Waals surface area contributed by atoms with Crippen molar-refractivity contribution in [2.75, 3.05) is 31.2 Å². The number of H-pyrrole nitrogens is 1. The SMILES string of the molecule is CCc1cc(C(=O)NCc2cccc(N3CCOCC3)n2)cc(=O)[nH]1. The van der Waals surface area contributed by atoms with Gasteiger partial charge in [0.2, 0.25) is 5.56 Å². The fourth-order valence-electron chi connectivity index (χ4n) is 2.73. The maximum atomic E-state index is 12.3. The third-order valence-electron chi connectivity index (χ3n) is 4.10. The summed E-state index contributed by atoms with van der Waals surface area (Å²) < 4.78 is 5.35. The highest BCUT2D eigenvalue weighted by molar-refractivity contribution is 5.94. The van der Waals surface area contributed by atoms with Crippen molar-refractivity contribution in [3.8, 4) is 0 Å². The van der Waals surface area contributed by atoms with E-state index in [1.165, 1.54) is 6.07 Å². The fourth-order valence-corrected chi connectivity index (χ4v) is 2.73. The van der Waals surface area contributed by atoms with E-state index in [-0.39, 0.29) is 11.5 Å². The van der Waals surface area contributed by atoms with Gasteiger partial charge in [0.1, 0.15) is 5.82 Å². The van der Waals surface area contributed by atoms with Gasteiger partial charge in [-0.2, -0.15) is 0 Å². The number of pyridine rings is 2. The molecule has 0 saturated carbocycles. The van der Waals surface area contributed by atoms with Crippen molar-refractivity contribution in [2.24, 2.45) is 0 Å². The molecule has 1 fully saturated rings. The van der Waals surface area contributed by atoms with Crippen LogP contribution in [0.5, 0.6) is 0 Å². The summed E-state index contributed by atoms with van der Waals surface area (Å²) in [6.45, 7) is 5.26. The summed E-state index contributed by atoms with van der Waals surface area (Å²) in [5.41, 5.74) is 1.62. The number of carbonyl (C=O) groups excluding carboxylic acids is 1. The zero-order chi connectivity index (χ0) is 17.6. The molecule has 7 heteroatoms. The predicted molar refractivity (Wildman–Crippen MR) is 94.9 cm³/mol. The summed E-state index contributed by atoms with van der Waals surface area (Å²) in [6.07, 6.45) is 0.666. The van der Waals surface area contributed by atoms with E-state index in [1.807, 2.05) is 25.1 Å². The third-order valence-corrected chi connectivity index (χ3v) is 4.10. The molecule has 0 bridgehead atoms. The molecule has 25 heavy (non-hydrogen) atoms. The maximum absolute atomic E-state index is 12.3. The van der Waals surface area contributed by atoms with Gasteiger partial charge in [0.15, 0.2) is 0 Å². The molecule has 1 aliphatic heterocycles. The molecule has 2 N–H and O–H groups in total. The number of carbonyl (C=O) groups is 1. The van der Waals surface area contributed by atoms with Crippen molar-refractivity contribution in [1.82, 2.24) is 15.3 Å². The van der Waals surface area contributed by atoms with Gasteiger partial charge >= 0.3 is 0 Å². The summed E-state index contributed by atoms with van der Waals surface area (Å²) in [6, 6.07) is 8.78. The number of hydrogen-bond acceptors (Lipinski definition) is 5. The van der Waals surface area contributed by atoms with Gasteiger partial charge in [0, 0.05) is 30.4 Å². The number of amides is 1. The molecule has 1 aliphatic rings. The highest BCUT2D eigenvalue weighted by Crippen LogP contribution is 2.13. The Hall–Kier alpha value is -2.67. The zero-order valence-corrected chi connectivity index (χ0v) is 14.2. The average Bonchev–Trinajstić information content (AvgIpc) is 2.66. The Labute approximate surface area is 146 Å². The fraction of sp³-hybridized carbons (Fsp3) is 0.389. The lowest BCUT2D eigenvalue weighted by molar-refractivity contribution is 0.0950. The molecule has 1 saturated heterocycles. The van der Waals surface area contributed by atoms with Crippen LogP contribution in [0.4, 0.5) is 5.82 Å². The number of nitrogens with zero attached hydrogens (tertiary/aromatic N) is 2. The predicted octanol–water partition coefficient (Wildman–Crippen LogP) is 1.10. The monoisotopic (exact) mass is 342 g/mol. The zero-order valence-electron chi connectivity index (χ0n) is 14.2. The normalized spacial score (nSPS) is 14.4. The minimum Gasteiger partial charge on any atom is -0.378 e. The maximum Gasteiger partial charge on any atom is 0.251 e. The van der Waals surface area contributed by atoms with Gasteiger partial charge in [0.25, 0.3) is 5.91 Å². The van der Waals surface area contributed by atoms with Crippen LogP contribution in [0, 0.1) is 0 Å². The van der Waals surface area contributed by atoms with Crippen LogP contribution in [0.15, 0.2) is 35.1 Å². The first-order valence-corrected chi connectivity index (χ1v) is 8.46. The topological polar surface area (TPSA) is 87.3 Å². The van der Waals surface area contributed by atoms with E-state index < -0.39 is 0 Å². The summed E-state index contributed by atoms with van der Waals surface area (Å²) >= 11 is 0. The van der Waals surface area contributed by atoms with Gasteiger partial charge in [-0.05, 0) is 24.6 Å². The minimum absolute atomic E-state index is 0.267. The molecule has 0 aromatic carbocycles. The number of morpholine rings is 1. The van der Waals surface area contributed by atoms with E-state index >= 15 is 0 Å². The lowest BCUT2D eigenvalue weighted by Crippen LogP contribution is -2.37. The second kappa shape index (κ2) is 7.94. The van der Waals surface area contributed by atoms with Gasteiger partial charge in [0.05, 0.1) is 25.5 Å². The van der Waals surface area contributed by atoms with E-state index in [9.17, 15) is 9.59 Å². The van der Waals surface area contributed by atoms with Crippen LogP contribution in [-0.4, -0.2) is 42.2 Å². The van der Waals surface area contributed by atoms with E-state index in [0.29, 0.717) is 31.7 Å². The van der Waals surface area contributed by atoms with E-state index in [4.69, 9.17) is 4.74 Å². The number of ether oxygens (including phenoxy) is 1. The van der Waals surface area contributed by atoms with E-state index in [0.717, 1.165) is 30.3 Å². The van der Waals surface area contributed by atoms with Crippen molar-refractivity contribution >= 4 is 11.7 Å². The average molecular weight is 342 g/mol. The smallest absolute Gasteiger partial charge is 0.251 e. The molecule has 2 aromatic heterocycles. The van der Waals surface area contributed by atoms with Crippen LogP contribution in [0.25, 0.3) is 0 Å². The van der Waals surface area contributed by atoms with Crippen molar-refractivity contribution in [3.05, 3.63) is 57.6 Å². The number of aryl methyl sites for hydroxylation is 1. The molecule has 0 unspecified atom stereocenters. The Morgan fingerprint density at radius 2 is 2.12 bits per heavy atom. The van der Waals surface area contributed by atoms with Gasteiger partial charge < -0.3 is 19.9 Å². The number of aromatic amines is 1. The van der Waals surface area contributed by atoms with Crippen molar-refractivity contribution in [3.63, 3.8) is 0 Å². The Kier molecular flexibility index (Phi) is 5.45. The lowest BCUT2D eigenvalue weighted by atomic mass is 10.2. The van der Waals surface area contributed by atoms with Crippen molar-refractivity contribution < 1.29 is 9.53 Å². The number of hydrogen-bond donors (Lipinski definition) is 2. The number of rotatable bonds is 5. The Bertz CT molecular complexity index is 797. The van der Waals surface area contributed by atoms with Crippen molar-refractivity contribution in [2.45, 2.75) is 19.9 Å². The van der Waals surface area contributed by atoms with Crippen LogP contribution >= 0.6 is 0 Å². The number of anilines is 1. The first kappa shape index (κ1) is 17.2.